The predicted octanol–water partition coefficient (Wildman–Crippen LogP) is 6.53. The summed E-state index contributed by atoms with van der Waals surface area (Å²) in [5.74, 6) is 1.22. The van der Waals surface area contributed by atoms with Crippen molar-refractivity contribution in [3.63, 3.8) is 0 Å². The maximum atomic E-state index is 13.4. The normalized spacial score (nSPS) is 25.6. The molecule has 2 heteroatoms. The fourth-order valence-electron chi connectivity index (χ4n) is 3.29. The summed E-state index contributed by atoms with van der Waals surface area (Å²) in [6, 6.07) is 0.423. The van der Waals surface area contributed by atoms with Gasteiger partial charge in [0.15, 0.2) is 0 Å². The number of nitrogens with zero attached hydrogens (tertiary/aromatic N) is 1. The maximum absolute atomic E-state index is 13.4. The van der Waals surface area contributed by atoms with E-state index in [0.29, 0.717) is 17.9 Å². The van der Waals surface area contributed by atoms with Crippen molar-refractivity contribution in [2.45, 2.75) is 98.2 Å². The number of allylic oxidation sites excluding steroid dienone is 2. The molecule has 0 aromatic rings. The second-order valence-corrected chi connectivity index (χ2v) is 7.42. The lowest BCUT2D eigenvalue weighted by Crippen LogP contribution is -2.17. The molecule has 1 rings (SSSR count). The van der Waals surface area contributed by atoms with Gasteiger partial charge >= 0.3 is 0 Å². The van der Waals surface area contributed by atoms with E-state index in [4.69, 9.17) is 4.99 Å². The first-order valence-corrected chi connectivity index (χ1v) is 9.25. The molecule has 0 aliphatic heterocycles. The summed E-state index contributed by atoms with van der Waals surface area (Å²) in [4.78, 5) is 4.77. The molecule has 0 spiro atoms. The minimum absolute atomic E-state index is 0.423. The zero-order valence-corrected chi connectivity index (χ0v) is 15.4. The van der Waals surface area contributed by atoms with Gasteiger partial charge in [0.05, 0.1) is 0 Å². The van der Waals surface area contributed by atoms with Crippen LogP contribution in [0.2, 0.25) is 0 Å². The highest BCUT2D eigenvalue weighted by Crippen LogP contribution is 2.30. The molecular formula is C20H36FN. The van der Waals surface area contributed by atoms with Crippen LogP contribution in [0.25, 0.3) is 0 Å². The van der Waals surface area contributed by atoms with Crippen molar-refractivity contribution in [3.05, 3.63) is 11.1 Å². The van der Waals surface area contributed by atoms with Crippen LogP contribution in [-0.4, -0.2) is 18.4 Å². The summed E-state index contributed by atoms with van der Waals surface area (Å²) in [5.41, 5.74) is 2.93. The topological polar surface area (TPSA) is 12.4 Å². The molecule has 1 saturated carbocycles. The molecular weight excluding hydrogens is 273 g/mol. The number of halogens is 1. The standard InChI is InChI=1S/C20H36FN/c1-6-20(11-10-18-8-7-9-19(21)14-18)22-13-12-16(4)17(5)15(2)3/h13,15,18-20H,6-12,14H2,1-5H3/b17-16+,22-13-. The minimum Gasteiger partial charge on any atom is -0.294 e. The third kappa shape index (κ3) is 7.07. The third-order valence-electron chi connectivity index (χ3n) is 5.35. The lowest BCUT2D eigenvalue weighted by molar-refractivity contribution is 0.188. The Morgan fingerprint density at radius 2 is 2.00 bits per heavy atom. The van der Waals surface area contributed by atoms with Crippen LogP contribution in [0.3, 0.4) is 0 Å². The summed E-state index contributed by atoms with van der Waals surface area (Å²) in [6.07, 6.45) is 9.75. The van der Waals surface area contributed by atoms with Gasteiger partial charge in [-0.3, -0.25) is 4.99 Å². The number of rotatable bonds is 8. The average molecular weight is 310 g/mol. The molecule has 0 heterocycles. The monoisotopic (exact) mass is 309 g/mol. The van der Waals surface area contributed by atoms with Gasteiger partial charge in [0, 0.05) is 18.7 Å². The zero-order chi connectivity index (χ0) is 16.5. The molecule has 1 aliphatic carbocycles. The second kappa shape index (κ2) is 10.2. The van der Waals surface area contributed by atoms with Crippen LogP contribution in [0, 0.1) is 11.8 Å². The molecule has 128 valence electrons. The Labute approximate surface area is 137 Å². The van der Waals surface area contributed by atoms with E-state index in [1.165, 1.54) is 17.6 Å². The molecule has 1 fully saturated rings. The highest BCUT2D eigenvalue weighted by molar-refractivity contribution is 5.61. The van der Waals surface area contributed by atoms with E-state index in [2.05, 4.69) is 40.8 Å². The molecule has 0 amide bonds. The van der Waals surface area contributed by atoms with Crippen LogP contribution in [0.1, 0.15) is 86.0 Å². The van der Waals surface area contributed by atoms with E-state index in [1.54, 1.807) is 0 Å². The molecule has 0 radical (unpaired) electrons. The minimum atomic E-state index is -0.547. The molecule has 1 aliphatic rings. The smallest absolute Gasteiger partial charge is 0.100 e. The molecule has 0 N–H and O–H groups in total. The van der Waals surface area contributed by atoms with Crippen LogP contribution in [0.4, 0.5) is 4.39 Å². The molecule has 0 aromatic carbocycles. The fraction of sp³-hybridized carbons (Fsp3) is 0.850. The molecule has 0 bridgehead atoms. The van der Waals surface area contributed by atoms with E-state index in [0.717, 1.165) is 44.9 Å². The van der Waals surface area contributed by atoms with Crippen molar-refractivity contribution in [1.82, 2.24) is 0 Å². The Morgan fingerprint density at radius 1 is 1.27 bits per heavy atom. The first-order valence-electron chi connectivity index (χ1n) is 9.25. The van der Waals surface area contributed by atoms with Gasteiger partial charge in [0.1, 0.15) is 6.17 Å². The highest BCUT2D eigenvalue weighted by atomic mass is 19.1. The second-order valence-electron chi connectivity index (χ2n) is 7.42. The SMILES string of the molecule is CCC(CCC1CCCC(F)C1)/N=C\C/C(C)=C(\C)C(C)C. The number of alkyl halides is 1. The van der Waals surface area contributed by atoms with Gasteiger partial charge in [-0.25, -0.2) is 4.39 Å². The van der Waals surface area contributed by atoms with Crippen LogP contribution in [-0.2, 0) is 0 Å². The summed E-state index contributed by atoms with van der Waals surface area (Å²) < 4.78 is 13.4. The van der Waals surface area contributed by atoms with Crippen molar-refractivity contribution in [2.75, 3.05) is 0 Å². The van der Waals surface area contributed by atoms with Crippen molar-refractivity contribution < 1.29 is 4.39 Å². The van der Waals surface area contributed by atoms with Gasteiger partial charge in [-0.2, -0.15) is 0 Å². The van der Waals surface area contributed by atoms with E-state index in [-0.39, 0.29) is 0 Å². The highest BCUT2D eigenvalue weighted by Gasteiger charge is 2.21. The predicted molar refractivity (Wildman–Crippen MR) is 96.5 cm³/mol. The van der Waals surface area contributed by atoms with Crippen molar-refractivity contribution in [3.8, 4) is 0 Å². The van der Waals surface area contributed by atoms with Gasteiger partial charge in [0.2, 0.25) is 0 Å². The van der Waals surface area contributed by atoms with Gasteiger partial charge in [-0.05, 0) is 57.8 Å². The van der Waals surface area contributed by atoms with E-state index >= 15 is 0 Å². The van der Waals surface area contributed by atoms with Crippen molar-refractivity contribution in [1.29, 1.82) is 0 Å². The lowest BCUT2D eigenvalue weighted by atomic mass is 9.84. The van der Waals surface area contributed by atoms with E-state index in [1.807, 2.05) is 0 Å². The number of hydrogen-bond donors (Lipinski definition) is 0. The van der Waals surface area contributed by atoms with Crippen LogP contribution < -0.4 is 0 Å². The first kappa shape index (κ1) is 19.4. The zero-order valence-electron chi connectivity index (χ0n) is 15.4. The van der Waals surface area contributed by atoms with Gasteiger partial charge in [-0.1, -0.05) is 44.8 Å². The van der Waals surface area contributed by atoms with Gasteiger partial charge < -0.3 is 0 Å². The Morgan fingerprint density at radius 3 is 2.59 bits per heavy atom. The van der Waals surface area contributed by atoms with Crippen LogP contribution in [0.5, 0.6) is 0 Å². The Hall–Kier alpha value is -0.660. The summed E-state index contributed by atoms with van der Waals surface area (Å²) in [6.45, 7) is 11.1. The lowest BCUT2D eigenvalue weighted by Gasteiger charge is -2.25. The van der Waals surface area contributed by atoms with Gasteiger partial charge in [-0.15, -0.1) is 0 Å². The number of hydrogen-bond acceptors (Lipinski definition) is 1. The Kier molecular flexibility index (Phi) is 8.97. The Balaban J connectivity index is 2.38. The average Bonchev–Trinajstić information content (AvgIpc) is 2.49. The first-order chi connectivity index (χ1) is 10.4. The molecule has 1 nitrogen and oxygen atoms in total. The largest absolute Gasteiger partial charge is 0.294 e. The Bertz CT molecular complexity index is 370. The van der Waals surface area contributed by atoms with E-state index < -0.39 is 6.17 Å². The van der Waals surface area contributed by atoms with Crippen LogP contribution in [0.15, 0.2) is 16.1 Å². The molecule has 22 heavy (non-hydrogen) atoms. The maximum Gasteiger partial charge on any atom is 0.100 e. The van der Waals surface area contributed by atoms with Crippen molar-refractivity contribution >= 4 is 6.21 Å². The number of aliphatic imine (C=N–C) groups is 1. The quantitative estimate of drug-likeness (QED) is 0.357. The summed E-state index contributed by atoms with van der Waals surface area (Å²) in [7, 11) is 0. The summed E-state index contributed by atoms with van der Waals surface area (Å²) >= 11 is 0. The summed E-state index contributed by atoms with van der Waals surface area (Å²) in [5, 5.41) is 0. The third-order valence-corrected chi connectivity index (χ3v) is 5.35. The van der Waals surface area contributed by atoms with E-state index in [9.17, 15) is 4.39 Å². The van der Waals surface area contributed by atoms with Crippen molar-refractivity contribution in [2.24, 2.45) is 16.8 Å². The molecule has 0 aromatic heterocycles. The van der Waals surface area contributed by atoms with Gasteiger partial charge in [0.25, 0.3) is 0 Å². The molecule has 3 atom stereocenters. The fourth-order valence-corrected chi connectivity index (χ4v) is 3.29. The van der Waals surface area contributed by atoms with Crippen LogP contribution >= 0.6 is 0 Å². The molecule has 0 saturated heterocycles. The molecule has 3 unspecified atom stereocenters.